The molecule has 3 rings (SSSR count). The van der Waals surface area contributed by atoms with E-state index in [9.17, 15) is 0 Å². The first kappa shape index (κ1) is 14.4. The van der Waals surface area contributed by atoms with E-state index < -0.39 is 0 Å². The van der Waals surface area contributed by atoms with Crippen LogP contribution in [0, 0.1) is 11.3 Å². The van der Waals surface area contributed by atoms with Gasteiger partial charge in [0.25, 0.3) is 0 Å². The summed E-state index contributed by atoms with van der Waals surface area (Å²) in [6, 6.07) is 6.72. The van der Waals surface area contributed by atoms with E-state index in [1.165, 1.54) is 31.2 Å². The summed E-state index contributed by atoms with van der Waals surface area (Å²) in [5.41, 5.74) is 3.77. The number of rotatable bonds is 1. The Morgan fingerprint density at radius 1 is 1.20 bits per heavy atom. The first-order valence-electron chi connectivity index (χ1n) is 7.71. The van der Waals surface area contributed by atoms with Crippen LogP contribution in [0.2, 0.25) is 0 Å². The van der Waals surface area contributed by atoms with Gasteiger partial charge in [-0.2, -0.15) is 0 Å². The lowest BCUT2D eigenvalue weighted by molar-refractivity contribution is 0.0492. The van der Waals surface area contributed by atoms with Gasteiger partial charge in [-0.3, -0.25) is 0 Å². The van der Waals surface area contributed by atoms with Crippen LogP contribution in [0.3, 0.4) is 0 Å². The standard InChI is InChI=1S/C18H25BrO/c1-17(2)15-8-5-12-11-13(20-4)6-7-14(12)18(15,3)10-9-16(17)19/h6-7,11,15-16H,5,8-10H2,1-4H3/t15-,16-,18+/m0/s1. The maximum absolute atomic E-state index is 5.40. The second kappa shape index (κ2) is 4.76. The lowest BCUT2D eigenvalue weighted by Gasteiger charge is -2.56. The van der Waals surface area contributed by atoms with Gasteiger partial charge in [-0.1, -0.05) is 42.8 Å². The molecule has 0 heterocycles. The molecule has 0 unspecified atom stereocenters. The number of ether oxygens (including phenoxy) is 1. The van der Waals surface area contributed by atoms with Crippen molar-refractivity contribution in [3.05, 3.63) is 29.3 Å². The fourth-order valence-corrected chi connectivity index (χ4v) is 5.33. The molecule has 2 aliphatic carbocycles. The van der Waals surface area contributed by atoms with Crippen LogP contribution in [0.4, 0.5) is 0 Å². The number of aryl methyl sites for hydroxylation is 1. The van der Waals surface area contributed by atoms with Crippen molar-refractivity contribution in [3.63, 3.8) is 0 Å². The Labute approximate surface area is 131 Å². The van der Waals surface area contributed by atoms with Crippen molar-refractivity contribution in [1.29, 1.82) is 0 Å². The fourth-order valence-electron chi connectivity index (χ4n) is 4.79. The summed E-state index contributed by atoms with van der Waals surface area (Å²) in [4.78, 5) is 0.646. The predicted octanol–water partition coefficient (Wildman–Crippen LogP) is 5.10. The molecule has 0 saturated heterocycles. The molecule has 0 amide bonds. The quantitative estimate of drug-likeness (QED) is 0.648. The van der Waals surface area contributed by atoms with Gasteiger partial charge >= 0.3 is 0 Å². The zero-order valence-corrected chi connectivity index (χ0v) is 14.6. The number of hydrogen-bond donors (Lipinski definition) is 0. The second-order valence-electron chi connectivity index (χ2n) is 7.36. The molecule has 1 nitrogen and oxygen atoms in total. The normalized spacial score (nSPS) is 35.0. The van der Waals surface area contributed by atoms with E-state index in [0.717, 1.165) is 11.7 Å². The van der Waals surface area contributed by atoms with Gasteiger partial charge in [0.1, 0.15) is 5.75 Å². The van der Waals surface area contributed by atoms with Crippen LogP contribution in [0.1, 0.15) is 51.2 Å². The number of halogens is 1. The lowest BCUT2D eigenvalue weighted by atomic mass is 9.50. The molecule has 110 valence electrons. The number of methoxy groups -OCH3 is 1. The largest absolute Gasteiger partial charge is 0.497 e. The third-order valence-corrected chi connectivity index (χ3v) is 7.66. The van der Waals surface area contributed by atoms with Crippen LogP contribution in [0.15, 0.2) is 18.2 Å². The van der Waals surface area contributed by atoms with Crippen molar-refractivity contribution in [2.24, 2.45) is 11.3 Å². The number of benzene rings is 1. The summed E-state index contributed by atoms with van der Waals surface area (Å²) in [5, 5.41) is 0. The van der Waals surface area contributed by atoms with Crippen LogP contribution in [0.25, 0.3) is 0 Å². The Kier molecular flexibility index (Phi) is 3.44. The summed E-state index contributed by atoms with van der Waals surface area (Å²) in [6.07, 6.45) is 5.05. The minimum absolute atomic E-state index is 0.327. The summed E-state index contributed by atoms with van der Waals surface area (Å²) >= 11 is 3.94. The minimum Gasteiger partial charge on any atom is -0.497 e. The third-order valence-electron chi connectivity index (χ3n) is 6.02. The average molecular weight is 337 g/mol. The molecule has 0 aromatic heterocycles. The van der Waals surface area contributed by atoms with Gasteiger partial charge in [0.15, 0.2) is 0 Å². The van der Waals surface area contributed by atoms with E-state index in [4.69, 9.17) is 4.74 Å². The van der Waals surface area contributed by atoms with Crippen molar-refractivity contribution >= 4 is 15.9 Å². The first-order valence-corrected chi connectivity index (χ1v) is 8.62. The zero-order valence-electron chi connectivity index (χ0n) is 13.0. The van der Waals surface area contributed by atoms with Crippen LogP contribution in [-0.4, -0.2) is 11.9 Å². The lowest BCUT2D eigenvalue weighted by Crippen LogP contribution is -2.52. The molecule has 1 fully saturated rings. The average Bonchev–Trinajstić information content (AvgIpc) is 2.43. The Balaban J connectivity index is 2.07. The molecule has 0 radical (unpaired) electrons. The van der Waals surface area contributed by atoms with Gasteiger partial charge < -0.3 is 4.74 Å². The van der Waals surface area contributed by atoms with E-state index in [2.05, 4.69) is 54.9 Å². The Bertz CT molecular complexity index is 522. The SMILES string of the molecule is COc1ccc2c(c1)CC[C@H]1C(C)(C)[C@@H](Br)CC[C@]21C. The summed E-state index contributed by atoms with van der Waals surface area (Å²) < 4.78 is 5.40. The summed E-state index contributed by atoms with van der Waals surface area (Å²) in [7, 11) is 1.76. The van der Waals surface area contributed by atoms with Gasteiger partial charge in [-0.15, -0.1) is 0 Å². The van der Waals surface area contributed by atoms with Crippen LogP contribution < -0.4 is 4.74 Å². The monoisotopic (exact) mass is 336 g/mol. The highest BCUT2D eigenvalue weighted by molar-refractivity contribution is 9.09. The molecule has 0 spiro atoms. The molecule has 0 aliphatic heterocycles. The van der Waals surface area contributed by atoms with Crippen molar-refractivity contribution in [2.75, 3.05) is 7.11 Å². The van der Waals surface area contributed by atoms with Gasteiger partial charge in [0.05, 0.1) is 7.11 Å². The minimum atomic E-state index is 0.327. The molecule has 1 saturated carbocycles. The highest BCUT2D eigenvalue weighted by Crippen LogP contribution is 2.58. The van der Waals surface area contributed by atoms with Crippen LogP contribution >= 0.6 is 15.9 Å². The molecular formula is C18H25BrO. The molecule has 3 atom stereocenters. The van der Waals surface area contributed by atoms with E-state index >= 15 is 0 Å². The third kappa shape index (κ3) is 1.94. The van der Waals surface area contributed by atoms with E-state index in [1.807, 2.05) is 0 Å². The van der Waals surface area contributed by atoms with Crippen molar-refractivity contribution in [3.8, 4) is 5.75 Å². The molecular weight excluding hydrogens is 312 g/mol. The fraction of sp³-hybridized carbons (Fsp3) is 0.667. The predicted molar refractivity (Wildman–Crippen MR) is 87.9 cm³/mol. The summed E-state index contributed by atoms with van der Waals surface area (Å²) in [5.74, 6) is 1.76. The molecule has 2 heteroatoms. The van der Waals surface area contributed by atoms with E-state index in [1.54, 1.807) is 12.7 Å². The highest BCUT2D eigenvalue weighted by atomic mass is 79.9. The van der Waals surface area contributed by atoms with Gasteiger partial charge in [-0.25, -0.2) is 0 Å². The van der Waals surface area contributed by atoms with Gasteiger partial charge in [0.2, 0.25) is 0 Å². The molecule has 1 aromatic rings. The molecule has 2 aliphatic rings. The van der Waals surface area contributed by atoms with Gasteiger partial charge in [0, 0.05) is 4.83 Å². The van der Waals surface area contributed by atoms with Crippen molar-refractivity contribution in [2.45, 2.75) is 56.7 Å². The smallest absolute Gasteiger partial charge is 0.119 e. The Morgan fingerprint density at radius 2 is 1.95 bits per heavy atom. The topological polar surface area (TPSA) is 9.23 Å². The molecule has 20 heavy (non-hydrogen) atoms. The van der Waals surface area contributed by atoms with Crippen molar-refractivity contribution < 1.29 is 4.74 Å². The van der Waals surface area contributed by atoms with E-state index in [0.29, 0.717) is 15.7 Å². The summed E-state index contributed by atoms with van der Waals surface area (Å²) in [6.45, 7) is 7.38. The Morgan fingerprint density at radius 3 is 2.65 bits per heavy atom. The maximum Gasteiger partial charge on any atom is 0.119 e. The van der Waals surface area contributed by atoms with Gasteiger partial charge in [-0.05, 0) is 65.7 Å². The van der Waals surface area contributed by atoms with Crippen molar-refractivity contribution in [1.82, 2.24) is 0 Å². The molecule has 0 N–H and O–H groups in total. The molecule has 1 aromatic carbocycles. The zero-order chi connectivity index (χ0) is 14.5. The Hall–Kier alpha value is -0.500. The van der Waals surface area contributed by atoms with E-state index in [-0.39, 0.29) is 0 Å². The molecule has 0 bridgehead atoms. The number of fused-ring (bicyclic) bond motifs is 3. The number of alkyl halides is 1. The first-order chi connectivity index (χ1) is 9.39. The van der Waals surface area contributed by atoms with Crippen LogP contribution in [-0.2, 0) is 11.8 Å². The number of hydrogen-bond acceptors (Lipinski definition) is 1. The van der Waals surface area contributed by atoms with Crippen LogP contribution in [0.5, 0.6) is 5.75 Å². The highest BCUT2D eigenvalue weighted by Gasteiger charge is 2.52. The second-order valence-corrected chi connectivity index (χ2v) is 8.46. The maximum atomic E-state index is 5.40.